The van der Waals surface area contributed by atoms with Crippen molar-refractivity contribution in [2.24, 2.45) is 0 Å². The molecule has 1 N–H and O–H groups in total. The molecule has 0 saturated carbocycles. The van der Waals surface area contributed by atoms with Crippen LogP contribution >= 0.6 is 11.3 Å². The van der Waals surface area contributed by atoms with Crippen LogP contribution < -0.4 is 10.1 Å². The van der Waals surface area contributed by atoms with E-state index in [4.69, 9.17) is 4.74 Å². The van der Waals surface area contributed by atoms with E-state index in [1.54, 1.807) is 7.11 Å². The standard InChI is InChI=1S/C27H31N5O3S/c1-17(20-7-5-6-8-23(20)35-4)13-25(33)30-27-22(14-28)21-9-11-32(16-24(21)36-27)26(34)10-12-31-15-18(2)29-19(31)3/h5-8,15,17H,9-13,16H2,1-4H3,(H,30,33). The lowest BCUT2D eigenvalue weighted by Gasteiger charge is -2.27. The molecule has 2 aromatic heterocycles. The maximum atomic E-state index is 12.9. The van der Waals surface area contributed by atoms with E-state index in [2.05, 4.69) is 16.4 Å². The zero-order valence-corrected chi connectivity index (χ0v) is 21.9. The minimum absolute atomic E-state index is 0.0442. The number of carbonyl (C=O) groups is 2. The van der Waals surface area contributed by atoms with Crippen molar-refractivity contribution in [2.45, 2.75) is 59.0 Å². The lowest BCUT2D eigenvalue weighted by molar-refractivity contribution is -0.132. The molecule has 2 amide bonds. The maximum Gasteiger partial charge on any atom is 0.225 e. The van der Waals surface area contributed by atoms with E-state index in [1.165, 1.54) is 11.3 Å². The molecule has 0 spiro atoms. The Kier molecular flexibility index (Phi) is 7.75. The number of benzene rings is 1. The molecule has 1 atom stereocenters. The molecular formula is C27H31N5O3S. The van der Waals surface area contributed by atoms with Crippen LogP contribution in [0.3, 0.4) is 0 Å². The third-order valence-corrected chi connectivity index (χ3v) is 7.73. The highest BCUT2D eigenvalue weighted by atomic mass is 32.1. The molecule has 1 aliphatic heterocycles. The summed E-state index contributed by atoms with van der Waals surface area (Å²) in [5.41, 5.74) is 3.37. The fourth-order valence-corrected chi connectivity index (χ4v) is 5.96. The highest BCUT2D eigenvalue weighted by Crippen LogP contribution is 2.37. The van der Waals surface area contributed by atoms with Gasteiger partial charge in [-0.15, -0.1) is 11.3 Å². The van der Waals surface area contributed by atoms with Gasteiger partial charge in [-0.25, -0.2) is 4.98 Å². The molecule has 3 aromatic rings. The number of nitriles is 1. The van der Waals surface area contributed by atoms with Gasteiger partial charge in [0.1, 0.15) is 22.6 Å². The second kappa shape index (κ2) is 11.0. The van der Waals surface area contributed by atoms with Crippen molar-refractivity contribution in [3.05, 3.63) is 63.5 Å². The first kappa shape index (κ1) is 25.5. The number of anilines is 1. The molecule has 188 valence electrons. The molecule has 0 fully saturated rings. The van der Waals surface area contributed by atoms with E-state index in [0.717, 1.165) is 33.3 Å². The van der Waals surface area contributed by atoms with Crippen LogP contribution in [0.2, 0.25) is 0 Å². The number of carbonyl (C=O) groups excluding carboxylic acids is 2. The molecule has 4 rings (SSSR count). The molecule has 9 heteroatoms. The molecule has 0 radical (unpaired) electrons. The van der Waals surface area contributed by atoms with Crippen LogP contribution in [0, 0.1) is 25.2 Å². The first-order valence-electron chi connectivity index (χ1n) is 12.1. The number of nitrogens with one attached hydrogen (secondary N) is 1. The average Bonchev–Trinajstić information content (AvgIpc) is 3.38. The molecule has 1 unspecified atom stereocenters. The Morgan fingerprint density at radius 1 is 1.31 bits per heavy atom. The van der Waals surface area contributed by atoms with Crippen molar-refractivity contribution in [3.8, 4) is 11.8 Å². The number of methoxy groups -OCH3 is 1. The molecule has 8 nitrogen and oxygen atoms in total. The summed E-state index contributed by atoms with van der Waals surface area (Å²) < 4.78 is 7.43. The van der Waals surface area contributed by atoms with E-state index in [1.807, 2.05) is 60.7 Å². The third kappa shape index (κ3) is 5.44. The van der Waals surface area contributed by atoms with Gasteiger partial charge in [0.15, 0.2) is 0 Å². The lowest BCUT2D eigenvalue weighted by atomic mass is 9.96. The van der Waals surface area contributed by atoms with E-state index >= 15 is 0 Å². The smallest absolute Gasteiger partial charge is 0.225 e. The van der Waals surface area contributed by atoms with Crippen molar-refractivity contribution < 1.29 is 14.3 Å². The number of aromatic nitrogens is 2. The average molecular weight is 506 g/mol. The fraction of sp³-hybridized carbons (Fsp3) is 0.407. The molecule has 1 aromatic carbocycles. The molecular weight excluding hydrogens is 474 g/mol. The number of thiophene rings is 1. The summed E-state index contributed by atoms with van der Waals surface area (Å²) in [5.74, 6) is 1.54. The third-order valence-electron chi connectivity index (χ3n) is 6.60. The maximum absolute atomic E-state index is 12.9. The predicted molar refractivity (Wildman–Crippen MR) is 139 cm³/mol. The topological polar surface area (TPSA) is 100 Å². The summed E-state index contributed by atoms with van der Waals surface area (Å²) >= 11 is 1.40. The summed E-state index contributed by atoms with van der Waals surface area (Å²) in [7, 11) is 1.62. The SMILES string of the molecule is COc1ccccc1C(C)CC(=O)Nc1sc2c(c1C#N)CCN(C(=O)CCn1cc(C)nc1C)C2. The van der Waals surface area contributed by atoms with Crippen molar-refractivity contribution in [1.29, 1.82) is 5.26 Å². The number of imidazole rings is 1. The Morgan fingerprint density at radius 3 is 2.78 bits per heavy atom. The van der Waals surface area contributed by atoms with Crippen molar-refractivity contribution in [2.75, 3.05) is 19.0 Å². The number of nitrogens with zero attached hydrogens (tertiary/aromatic N) is 4. The molecule has 0 aliphatic carbocycles. The van der Waals surface area contributed by atoms with Gasteiger partial charge in [-0.2, -0.15) is 5.26 Å². The number of hydrogen-bond donors (Lipinski definition) is 1. The van der Waals surface area contributed by atoms with Crippen LogP contribution in [0.4, 0.5) is 5.00 Å². The lowest BCUT2D eigenvalue weighted by Crippen LogP contribution is -2.35. The predicted octanol–water partition coefficient (Wildman–Crippen LogP) is 4.55. The number of rotatable bonds is 8. The van der Waals surface area contributed by atoms with Gasteiger partial charge in [0, 0.05) is 37.0 Å². The number of amides is 2. The summed E-state index contributed by atoms with van der Waals surface area (Å²) in [5, 5.41) is 13.3. The molecule has 0 saturated heterocycles. The van der Waals surface area contributed by atoms with E-state index < -0.39 is 0 Å². The van der Waals surface area contributed by atoms with Crippen LogP contribution in [-0.2, 0) is 29.1 Å². The van der Waals surface area contributed by atoms with E-state index in [0.29, 0.717) is 43.0 Å². The van der Waals surface area contributed by atoms with E-state index in [-0.39, 0.29) is 24.2 Å². The van der Waals surface area contributed by atoms with E-state index in [9.17, 15) is 14.9 Å². The minimum atomic E-state index is -0.151. The van der Waals surface area contributed by atoms with Gasteiger partial charge in [0.05, 0.1) is 24.9 Å². The summed E-state index contributed by atoms with van der Waals surface area (Å²) in [6.07, 6.45) is 3.23. The van der Waals surface area contributed by atoms with Gasteiger partial charge in [0.25, 0.3) is 0 Å². The van der Waals surface area contributed by atoms with Gasteiger partial charge in [-0.1, -0.05) is 25.1 Å². The monoisotopic (exact) mass is 505 g/mol. The van der Waals surface area contributed by atoms with Crippen LogP contribution in [0.25, 0.3) is 0 Å². The fourth-order valence-electron chi connectivity index (χ4n) is 4.73. The second-order valence-corrected chi connectivity index (χ2v) is 10.3. The van der Waals surface area contributed by atoms with Gasteiger partial charge in [-0.05, 0) is 43.4 Å². The van der Waals surface area contributed by atoms with Crippen LogP contribution in [0.15, 0.2) is 30.5 Å². The zero-order valence-electron chi connectivity index (χ0n) is 21.1. The van der Waals surface area contributed by atoms with Crippen LogP contribution in [0.5, 0.6) is 5.75 Å². The minimum Gasteiger partial charge on any atom is -0.496 e. The second-order valence-electron chi connectivity index (χ2n) is 9.15. The Labute approximate surface area is 215 Å². The summed E-state index contributed by atoms with van der Waals surface area (Å²) in [6, 6.07) is 9.95. The van der Waals surface area contributed by atoms with Gasteiger partial charge < -0.3 is 19.5 Å². The Bertz CT molecular complexity index is 1320. The quantitative estimate of drug-likeness (QED) is 0.484. The van der Waals surface area contributed by atoms with Crippen LogP contribution in [-0.4, -0.2) is 39.9 Å². The zero-order chi connectivity index (χ0) is 25.8. The Morgan fingerprint density at radius 2 is 2.08 bits per heavy atom. The largest absolute Gasteiger partial charge is 0.496 e. The number of fused-ring (bicyclic) bond motifs is 1. The van der Waals surface area contributed by atoms with Crippen molar-refractivity contribution in [1.82, 2.24) is 14.5 Å². The number of ether oxygens (including phenoxy) is 1. The summed E-state index contributed by atoms with van der Waals surface area (Å²) in [4.78, 5) is 33.0. The number of hydrogen-bond acceptors (Lipinski definition) is 6. The molecule has 3 heterocycles. The molecule has 1 aliphatic rings. The highest BCUT2D eigenvalue weighted by Gasteiger charge is 2.28. The number of aryl methyl sites for hydroxylation is 3. The molecule has 36 heavy (non-hydrogen) atoms. The van der Waals surface area contributed by atoms with Crippen molar-refractivity contribution in [3.63, 3.8) is 0 Å². The Balaban J connectivity index is 1.40. The van der Waals surface area contributed by atoms with Gasteiger partial charge in [0.2, 0.25) is 11.8 Å². The molecule has 0 bridgehead atoms. The van der Waals surface area contributed by atoms with Crippen LogP contribution in [0.1, 0.15) is 58.8 Å². The normalized spacial score (nSPS) is 13.6. The number of para-hydroxylation sites is 1. The summed E-state index contributed by atoms with van der Waals surface area (Å²) in [6.45, 7) is 7.48. The first-order chi connectivity index (χ1) is 17.3. The Hall–Kier alpha value is -3.64. The van der Waals surface area contributed by atoms with Gasteiger partial charge in [-0.3, -0.25) is 9.59 Å². The van der Waals surface area contributed by atoms with Crippen molar-refractivity contribution >= 4 is 28.2 Å². The first-order valence-corrected chi connectivity index (χ1v) is 12.9. The highest BCUT2D eigenvalue weighted by molar-refractivity contribution is 7.16. The van der Waals surface area contributed by atoms with Gasteiger partial charge >= 0.3 is 0 Å².